The molecule has 9 nitrogen and oxygen atoms in total. The van der Waals surface area contributed by atoms with Gasteiger partial charge in [-0.25, -0.2) is 27.8 Å². The third-order valence-electron chi connectivity index (χ3n) is 4.40. The summed E-state index contributed by atoms with van der Waals surface area (Å²) in [5, 5.41) is 3.00. The number of imidazole rings is 1. The minimum atomic E-state index is -3.71. The van der Waals surface area contributed by atoms with Gasteiger partial charge in [-0.05, 0) is 24.3 Å². The van der Waals surface area contributed by atoms with E-state index in [4.69, 9.17) is 4.74 Å². The summed E-state index contributed by atoms with van der Waals surface area (Å²) in [6.07, 6.45) is 3.50. The monoisotopic (exact) mass is 418 g/mol. The van der Waals surface area contributed by atoms with Crippen LogP contribution in [0.15, 0.2) is 54.1 Å². The molecule has 3 aromatic heterocycles. The molecule has 1 saturated heterocycles. The second-order valence-electron chi connectivity index (χ2n) is 6.53. The minimum absolute atomic E-state index is 0.00594. The number of anilines is 2. The van der Waals surface area contributed by atoms with E-state index in [1.807, 2.05) is 0 Å². The highest BCUT2D eigenvalue weighted by Gasteiger charge is 2.33. The van der Waals surface area contributed by atoms with E-state index in [0.717, 1.165) is 6.20 Å². The summed E-state index contributed by atoms with van der Waals surface area (Å²) < 4.78 is 47.4. The average molecular weight is 418 g/mol. The standard InChI is InChI=1S/C18H19FN6O3S/c1-24-11-18(21-12-24)29(26,27)25-7-8-28-15(10-25)14-3-2-4-17(22-14)23-16-6-5-13(19)9-20-16/h2-6,9,11-12,15H,7-8,10H2,1H3,(H,20,22,23). The zero-order chi connectivity index (χ0) is 20.4. The Morgan fingerprint density at radius 3 is 2.79 bits per heavy atom. The summed E-state index contributed by atoms with van der Waals surface area (Å²) in [6, 6.07) is 8.08. The van der Waals surface area contributed by atoms with Crippen molar-refractivity contribution in [1.82, 2.24) is 23.8 Å². The Morgan fingerprint density at radius 2 is 2.07 bits per heavy atom. The van der Waals surface area contributed by atoms with E-state index in [0.29, 0.717) is 17.3 Å². The summed E-state index contributed by atoms with van der Waals surface area (Å²) in [4.78, 5) is 12.4. The fourth-order valence-corrected chi connectivity index (χ4v) is 4.35. The second-order valence-corrected chi connectivity index (χ2v) is 8.42. The van der Waals surface area contributed by atoms with Crippen molar-refractivity contribution in [2.45, 2.75) is 11.1 Å². The van der Waals surface area contributed by atoms with Crippen LogP contribution in [0.1, 0.15) is 11.8 Å². The molecule has 1 aliphatic rings. The Labute approximate surface area is 167 Å². The van der Waals surface area contributed by atoms with Gasteiger partial charge >= 0.3 is 0 Å². The van der Waals surface area contributed by atoms with Crippen molar-refractivity contribution in [3.8, 4) is 0 Å². The summed E-state index contributed by atoms with van der Waals surface area (Å²) >= 11 is 0. The van der Waals surface area contributed by atoms with Crippen LogP contribution in [-0.2, 0) is 21.8 Å². The molecule has 0 spiro atoms. The highest BCUT2D eigenvalue weighted by atomic mass is 32.2. The first-order chi connectivity index (χ1) is 13.9. The normalized spacial score (nSPS) is 17.9. The molecule has 1 unspecified atom stereocenters. The van der Waals surface area contributed by atoms with Gasteiger partial charge in [0.2, 0.25) is 0 Å². The topological polar surface area (TPSA) is 102 Å². The van der Waals surface area contributed by atoms with E-state index in [2.05, 4.69) is 20.3 Å². The molecule has 0 aromatic carbocycles. The first-order valence-electron chi connectivity index (χ1n) is 8.87. The van der Waals surface area contributed by atoms with Crippen molar-refractivity contribution in [2.24, 2.45) is 7.05 Å². The predicted molar refractivity (Wildman–Crippen MR) is 102 cm³/mol. The molecule has 1 fully saturated rings. The van der Waals surface area contributed by atoms with Gasteiger partial charge in [-0.1, -0.05) is 6.07 Å². The molecule has 0 bridgehead atoms. The average Bonchev–Trinajstić information content (AvgIpc) is 3.17. The van der Waals surface area contributed by atoms with Crippen LogP contribution in [-0.4, -0.2) is 51.9 Å². The summed E-state index contributed by atoms with van der Waals surface area (Å²) in [7, 11) is -2.00. The third kappa shape index (κ3) is 4.26. The highest BCUT2D eigenvalue weighted by molar-refractivity contribution is 7.89. The van der Waals surface area contributed by atoms with Gasteiger partial charge in [0.25, 0.3) is 10.0 Å². The smallest absolute Gasteiger partial charge is 0.262 e. The number of morpholine rings is 1. The molecule has 0 amide bonds. The van der Waals surface area contributed by atoms with E-state index in [1.165, 1.54) is 29.0 Å². The lowest BCUT2D eigenvalue weighted by Crippen LogP contribution is -2.42. The molecule has 0 saturated carbocycles. The number of rotatable bonds is 5. The number of hydrogen-bond acceptors (Lipinski definition) is 7. The first-order valence-corrected chi connectivity index (χ1v) is 10.3. The van der Waals surface area contributed by atoms with Gasteiger partial charge in [0.1, 0.15) is 23.6 Å². The lowest BCUT2D eigenvalue weighted by molar-refractivity contribution is -0.00492. The van der Waals surface area contributed by atoms with Crippen molar-refractivity contribution in [1.29, 1.82) is 0 Å². The van der Waals surface area contributed by atoms with E-state index < -0.39 is 21.9 Å². The molecule has 0 aliphatic carbocycles. The lowest BCUT2D eigenvalue weighted by atomic mass is 10.2. The minimum Gasteiger partial charge on any atom is -0.369 e. The van der Waals surface area contributed by atoms with Gasteiger partial charge in [0.05, 0.1) is 24.8 Å². The SMILES string of the molecule is Cn1cnc(S(=O)(=O)N2CCOC(c3cccc(Nc4ccc(F)cn4)n3)C2)c1. The maximum Gasteiger partial charge on any atom is 0.262 e. The molecule has 152 valence electrons. The predicted octanol–water partition coefficient (Wildman–Crippen LogP) is 1.85. The Kier molecular flexibility index (Phi) is 5.26. The summed E-state index contributed by atoms with van der Waals surface area (Å²) in [5.74, 6) is 0.511. The third-order valence-corrected chi connectivity index (χ3v) is 6.15. The molecule has 11 heteroatoms. The van der Waals surface area contributed by atoms with Crippen molar-refractivity contribution < 1.29 is 17.5 Å². The largest absolute Gasteiger partial charge is 0.369 e. The van der Waals surface area contributed by atoms with E-state index in [1.54, 1.807) is 29.8 Å². The van der Waals surface area contributed by atoms with E-state index >= 15 is 0 Å². The van der Waals surface area contributed by atoms with Crippen LogP contribution in [0.3, 0.4) is 0 Å². The van der Waals surface area contributed by atoms with Gasteiger partial charge in [0.15, 0.2) is 5.03 Å². The number of nitrogens with one attached hydrogen (secondary N) is 1. The van der Waals surface area contributed by atoms with Crippen molar-refractivity contribution >= 4 is 21.7 Å². The molecule has 29 heavy (non-hydrogen) atoms. The van der Waals surface area contributed by atoms with E-state index in [9.17, 15) is 12.8 Å². The van der Waals surface area contributed by atoms with Gasteiger partial charge in [0, 0.05) is 26.3 Å². The number of nitrogens with zero attached hydrogens (tertiary/aromatic N) is 5. The van der Waals surface area contributed by atoms with Crippen molar-refractivity contribution in [3.05, 3.63) is 60.6 Å². The maximum atomic E-state index is 13.0. The van der Waals surface area contributed by atoms with Crippen LogP contribution < -0.4 is 5.32 Å². The van der Waals surface area contributed by atoms with Crippen LogP contribution in [0.4, 0.5) is 16.0 Å². The molecule has 0 radical (unpaired) electrons. The zero-order valence-corrected chi connectivity index (χ0v) is 16.4. The van der Waals surface area contributed by atoms with Gasteiger partial charge in [-0.2, -0.15) is 4.31 Å². The Balaban J connectivity index is 1.52. The highest BCUT2D eigenvalue weighted by Crippen LogP contribution is 2.26. The quantitative estimate of drug-likeness (QED) is 0.675. The lowest BCUT2D eigenvalue weighted by Gasteiger charge is -2.31. The van der Waals surface area contributed by atoms with Gasteiger partial charge in [-0.3, -0.25) is 0 Å². The molecule has 4 rings (SSSR count). The molecule has 1 aliphatic heterocycles. The van der Waals surface area contributed by atoms with Crippen molar-refractivity contribution in [2.75, 3.05) is 25.0 Å². The Hall–Kier alpha value is -2.89. The van der Waals surface area contributed by atoms with Crippen LogP contribution in [0.5, 0.6) is 0 Å². The summed E-state index contributed by atoms with van der Waals surface area (Å²) in [5.41, 5.74) is 0.582. The number of ether oxygens (including phenoxy) is 1. The van der Waals surface area contributed by atoms with Crippen molar-refractivity contribution in [3.63, 3.8) is 0 Å². The number of hydrogen-bond donors (Lipinski definition) is 1. The molecule has 4 heterocycles. The second kappa shape index (κ2) is 7.85. The number of aromatic nitrogens is 4. The first kappa shape index (κ1) is 19.4. The van der Waals surface area contributed by atoms with Crippen LogP contribution in [0.25, 0.3) is 0 Å². The maximum absolute atomic E-state index is 13.0. The number of sulfonamides is 1. The Morgan fingerprint density at radius 1 is 1.21 bits per heavy atom. The number of pyridine rings is 2. The van der Waals surface area contributed by atoms with Crippen LogP contribution in [0, 0.1) is 5.82 Å². The molecule has 1 N–H and O–H groups in total. The van der Waals surface area contributed by atoms with Gasteiger partial charge in [-0.15, -0.1) is 0 Å². The zero-order valence-electron chi connectivity index (χ0n) is 15.6. The molecule has 3 aromatic rings. The van der Waals surface area contributed by atoms with Gasteiger partial charge < -0.3 is 14.6 Å². The number of aryl methyl sites for hydroxylation is 1. The molecule has 1 atom stereocenters. The van der Waals surface area contributed by atoms with Crippen LogP contribution in [0.2, 0.25) is 0 Å². The molecular weight excluding hydrogens is 399 g/mol. The fourth-order valence-electron chi connectivity index (χ4n) is 2.96. The number of halogens is 1. The molecular formula is C18H19FN6O3S. The fraction of sp³-hybridized carbons (Fsp3) is 0.278. The van der Waals surface area contributed by atoms with Crippen LogP contribution >= 0.6 is 0 Å². The van der Waals surface area contributed by atoms with E-state index in [-0.39, 0.29) is 24.7 Å². The Bertz CT molecular complexity index is 1100. The summed E-state index contributed by atoms with van der Waals surface area (Å²) in [6.45, 7) is 0.618.